The molecule has 12 heteroatoms. The Balaban J connectivity index is 1.54. The van der Waals surface area contributed by atoms with Crippen LogP contribution in [0.1, 0.15) is 52.4 Å². The number of hydrogen-bond donors (Lipinski definition) is 1. The quantitative estimate of drug-likeness (QED) is 0.139. The number of amides is 1. The number of methoxy groups -OCH3 is 1. The van der Waals surface area contributed by atoms with Crippen LogP contribution in [0.5, 0.6) is 0 Å². The number of esters is 4. The van der Waals surface area contributed by atoms with Crippen LogP contribution in [-0.4, -0.2) is 62.3 Å². The summed E-state index contributed by atoms with van der Waals surface area (Å²) in [4.78, 5) is 63.9. The van der Waals surface area contributed by atoms with Crippen molar-refractivity contribution in [3.8, 4) is 0 Å². The van der Waals surface area contributed by atoms with Crippen molar-refractivity contribution >= 4 is 47.3 Å². The molecular weight excluding hydrogens is 602 g/mol. The molecule has 4 aromatic rings. The van der Waals surface area contributed by atoms with Gasteiger partial charge in [-0.3, -0.25) is 4.79 Å². The van der Waals surface area contributed by atoms with E-state index in [1.807, 2.05) is 0 Å². The number of nitrogens with one attached hydrogen (secondary N) is 1. The standard InChI is InChI=1S/C33H27NO10S/c1-40-33(39)23-18-45-29(25(23)34-19-35)28-27(44-32(38)22-15-9-4-10-16-22)26(43-31(37)21-13-7-3-8-14-21)24(42-28)17-41-30(36)20-11-5-2-6-12-20/h2-16,18-19,24,26-28H,17H2,1H3,(H,34,35)/t24-,26-,27-,28?/m1/s1. The minimum Gasteiger partial charge on any atom is -0.465 e. The molecule has 1 aliphatic rings. The second-order valence-electron chi connectivity index (χ2n) is 9.67. The van der Waals surface area contributed by atoms with Gasteiger partial charge in [-0.15, -0.1) is 11.3 Å². The molecular formula is C33H27NO10S. The lowest BCUT2D eigenvalue weighted by molar-refractivity contribution is -0.105. The van der Waals surface area contributed by atoms with Crippen molar-refractivity contribution in [1.82, 2.24) is 0 Å². The number of rotatable bonds is 11. The minimum atomic E-state index is -1.30. The van der Waals surface area contributed by atoms with Crippen molar-refractivity contribution < 1.29 is 47.7 Å². The van der Waals surface area contributed by atoms with E-state index in [0.29, 0.717) is 6.41 Å². The average Bonchev–Trinajstić information content (AvgIpc) is 3.65. The zero-order valence-electron chi connectivity index (χ0n) is 23.8. The topological polar surface area (TPSA) is 144 Å². The smallest absolute Gasteiger partial charge is 0.340 e. The Morgan fingerprint density at radius 2 is 1.27 bits per heavy atom. The molecule has 3 aromatic carbocycles. The molecule has 1 saturated heterocycles. The highest BCUT2D eigenvalue weighted by atomic mass is 32.1. The van der Waals surface area contributed by atoms with E-state index in [-0.39, 0.29) is 39.4 Å². The Kier molecular flexibility index (Phi) is 9.97. The fraction of sp³-hybridized carbons (Fsp3) is 0.182. The van der Waals surface area contributed by atoms with Gasteiger partial charge in [-0.25, -0.2) is 19.2 Å². The van der Waals surface area contributed by atoms with Crippen molar-refractivity contribution in [2.75, 3.05) is 19.0 Å². The highest BCUT2D eigenvalue weighted by Crippen LogP contribution is 2.45. The zero-order valence-corrected chi connectivity index (χ0v) is 24.6. The lowest BCUT2D eigenvalue weighted by Gasteiger charge is -2.24. The van der Waals surface area contributed by atoms with E-state index in [2.05, 4.69) is 5.32 Å². The van der Waals surface area contributed by atoms with Crippen molar-refractivity contribution in [2.45, 2.75) is 24.4 Å². The molecule has 5 rings (SSSR count). The van der Waals surface area contributed by atoms with Gasteiger partial charge in [0.25, 0.3) is 0 Å². The maximum absolute atomic E-state index is 13.4. The lowest BCUT2D eigenvalue weighted by Crippen LogP contribution is -2.40. The molecule has 0 saturated carbocycles. The molecule has 0 radical (unpaired) electrons. The van der Waals surface area contributed by atoms with Gasteiger partial charge in [0.05, 0.1) is 39.9 Å². The molecule has 230 valence electrons. The molecule has 1 amide bonds. The highest BCUT2D eigenvalue weighted by Gasteiger charge is 2.52. The first kappa shape index (κ1) is 31.1. The zero-order chi connectivity index (χ0) is 31.8. The molecule has 1 aromatic heterocycles. The predicted molar refractivity (Wildman–Crippen MR) is 161 cm³/mol. The van der Waals surface area contributed by atoms with Crippen LogP contribution in [0, 0.1) is 0 Å². The number of thiophene rings is 1. The molecule has 1 aliphatic heterocycles. The summed E-state index contributed by atoms with van der Waals surface area (Å²) < 4.78 is 28.6. The van der Waals surface area contributed by atoms with E-state index in [1.54, 1.807) is 91.0 Å². The van der Waals surface area contributed by atoms with Gasteiger partial charge < -0.3 is 29.0 Å². The lowest BCUT2D eigenvalue weighted by atomic mass is 10.0. The third kappa shape index (κ3) is 7.08. The van der Waals surface area contributed by atoms with Crippen LogP contribution in [0.15, 0.2) is 96.4 Å². The fourth-order valence-electron chi connectivity index (χ4n) is 4.74. The Morgan fingerprint density at radius 3 is 1.78 bits per heavy atom. The Morgan fingerprint density at radius 1 is 0.756 bits per heavy atom. The number of benzene rings is 3. The van der Waals surface area contributed by atoms with Crippen LogP contribution in [0.4, 0.5) is 5.69 Å². The molecule has 0 aliphatic carbocycles. The first-order valence-electron chi connectivity index (χ1n) is 13.7. The van der Waals surface area contributed by atoms with E-state index < -0.39 is 48.3 Å². The summed E-state index contributed by atoms with van der Waals surface area (Å²) in [5.41, 5.74) is 0.841. The van der Waals surface area contributed by atoms with Crippen molar-refractivity contribution in [1.29, 1.82) is 0 Å². The summed E-state index contributed by atoms with van der Waals surface area (Å²) in [5, 5.41) is 3.96. The highest BCUT2D eigenvalue weighted by molar-refractivity contribution is 7.11. The van der Waals surface area contributed by atoms with Gasteiger partial charge in [-0.2, -0.15) is 0 Å². The molecule has 45 heavy (non-hydrogen) atoms. The van der Waals surface area contributed by atoms with Gasteiger partial charge in [0, 0.05) is 5.38 Å². The van der Waals surface area contributed by atoms with Crippen LogP contribution < -0.4 is 5.32 Å². The maximum Gasteiger partial charge on any atom is 0.340 e. The van der Waals surface area contributed by atoms with Crippen LogP contribution >= 0.6 is 11.3 Å². The largest absolute Gasteiger partial charge is 0.465 e. The second kappa shape index (κ2) is 14.4. The first-order valence-corrected chi connectivity index (χ1v) is 14.6. The van der Waals surface area contributed by atoms with Crippen LogP contribution in [-0.2, 0) is 28.5 Å². The molecule has 0 bridgehead atoms. The summed E-state index contributed by atoms with van der Waals surface area (Å²) in [6.07, 6.45) is -4.51. The van der Waals surface area contributed by atoms with Gasteiger partial charge in [0.1, 0.15) is 18.8 Å². The fourth-order valence-corrected chi connectivity index (χ4v) is 5.81. The summed E-state index contributed by atoms with van der Waals surface area (Å²) in [5.74, 6) is -2.86. The molecule has 1 unspecified atom stereocenters. The van der Waals surface area contributed by atoms with Crippen LogP contribution in [0.3, 0.4) is 0 Å². The third-order valence-electron chi connectivity index (χ3n) is 6.89. The van der Waals surface area contributed by atoms with Crippen LogP contribution in [0.25, 0.3) is 0 Å². The molecule has 1 fully saturated rings. The van der Waals surface area contributed by atoms with E-state index >= 15 is 0 Å². The van der Waals surface area contributed by atoms with E-state index in [4.69, 9.17) is 23.7 Å². The van der Waals surface area contributed by atoms with Gasteiger partial charge in [-0.1, -0.05) is 54.6 Å². The summed E-state index contributed by atoms with van der Waals surface area (Å²) in [7, 11) is 1.19. The van der Waals surface area contributed by atoms with Gasteiger partial charge in [-0.05, 0) is 36.4 Å². The van der Waals surface area contributed by atoms with Gasteiger partial charge in [0.2, 0.25) is 6.41 Å². The number of ether oxygens (including phenoxy) is 5. The molecule has 0 spiro atoms. The third-order valence-corrected chi connectivity index (χ3v) is 7.93. The van der Waals surface area contributed by atoms with Crippen molar-refractivity contribution in [2.24, 2.45) is 0 Å². The van der Waals surface area contributed by atoms with Gasteiger partial charge in [0.15, 0.2) is 12.2 Å². The minimum absolute atomic E-state index is 0.0399. The second-order valence-corrected chi connectivity index (χ2v) is 10.6. The monoisotopic (exact) mass is 629 g/mol. The van der Waals surface area contributed by atoms with E-state index in [1.165, 1.54) is 12.5 Å². The Bertz CT molecular complexity index is 1660. The van der Waals surface area contributed by atoms with E-state index in [9.17, 15) is 24.0 Å². The van der Waals surface area contributed by atoms with Crippen molar-refractivity contribution in [3.05, 3.63) is 124 Å². The summed E-state index contributed by atoms with van der Waals surface area (Å²) in [6.45, 7) is -0.387. The number of anilines is 1. The van der Waals surface area contributed by atoms with Crippen molar-refractivity contribution in [3.63, 3.8) is 0 Å². The number of carbonyl (C=O) groups is 5. The molecule has 4 atom stereocenters. The van der Waals surface area contributed by atoms with Gasteiger partial charge >= 0.3 is 23.9 Å². The molecule has 11 nitrogen and oxygen atoms in total. The molecule has 1 N–H and O–H groups in total. The SMILES string of the molecule is COC(=O)c1csc(C2O[C@H](COC(=O)c3ccccc3)[C@@H](OC(=O)c3ccccc3)[C@H]2OC(=O)c2ccccc2)c1NC=O. The normalized spacial score (nSPS) is 18.8. The summed E-state index contributed by atoms with van der Waals surface area (Å²) in [6, 6.07) is 24.6. The number of hydrogen-bond acceptors (Lipinski definition) is 11. The van der Waals surface area contributed by atoms with E-state index in [0.717, 1.165) is 11.3 Å². The number of carbonyl (C=O) groups excluding carboxylic acids is 5. The van der Waals surface area contributed by atoms with Crippen LogP contribution in [0.2, 0.25) is 0 Å². The Labute approximate surface area is 261 Å². The maximum atomic E-state index is 13.4. The average molecular weight is 630 g/mol. The Hall–Kier alpha value is -5.33. The summed E-state index contributed by atoms with van der Waals surface area (Å²) >= 11 is 1.04. The molecule has 2 heterocycles. The predicted octanol–water partition coefficient (Wildman–Crippen LogP) is 4.85. The first-order chi connectivity index (χ1) is 21.9.